The molecule has 4 rings (SSSR count). The lowest BCUT2D eigenvalue weighted by atomic mass is 10.0. The van der Waals surface area contributed by atoms with Crippen molar-refractivity contribution in [1.29, 1.82) is 0 Å². The van der Waals surface area contributed by atoms with Crippen LogP contribution in [0, 0.1) is 20.8 Å². The van der Waals surface area contributed by atoms with Gasteiger partial charge in [-0.15, -0.1) is 5.10 Å². The van der Waals surface area contributed by atoms with Gasteiger partial charge in [0.2, 0.25) is 0 Å². The van der Waals surface area contributed by atoms with E-state index in [1.807, 2.05) is 39.0 Å². The molecule has 1 N–H and O–H groups in total. The molecule has 5 nitrogen and oxygen atoms in total. The van der Waals surface area contributed by atoms with E-state index in [9.17, 15) is 8.42 Å². The molecule has 158 valence electrons. The first-order chi connectivity index (χ1) is 14.8. The van der Waals surface area contributed by atoms with Crippen molar-refractivity contribution in [2.45, 2.75) is 25.7 Å². The fourth-order valence-corrected chi connectivity index (χ4v) is 5.01. The fourth-order valence-electron chi connectivity index (χ4n) is 3.76. The van der Waals surface area contributed by atoms with Crippen molar-refractivity contribution in [2.75, 3.05) is 4.72 Å². The Labute approximate surface area is 187 Å². The molecule has 0 spiro atoms. The number of benzene rings is 3. The first kappa shape index (κ1) is 21.2. The number of aromatic nitrogens is 2. The predicted octanol–water partition coefficient (Wildman–Crippen LogP) is 5.92. The highest BCUT2D eigenvalue weighted by molar-refractivity contribution is 7.92. The van der Waals surface area contributed by atoms with Gasteiger partial charge >= 0.3 is 0 Å². The number of sulfonamides is 1. The van der Waals surface area contributed by atoms with Crippen molar-refractivity contribution in [1.82, 2.24) is 9.78 Å². The molecule has 7 heteroatoms. The summed E-state index contributed by atoms with van der Waals surface area (Å²) in [6, 6.07) is 21.5. The molecule has 0 atom stereocenters. The summed E-state index contributed by atoms with van der Waals surface area (Å²) in [6.07, 6.45) is 0. The van der Waals surface area contributed by atoms with Gasteiger partial charge in [-0.1, -0.05) is 65.7 Å². The third kappa shape index (κ3) is 4.22. The summed E-state index contributed by atoms with van der Waals surface area (Å²) >= 11 is 6.48. The summed E-state index contributed by atoms with van der Waals surface area (Å²) in [5, 5.41) is 5.19. The maximum atomic E-state index is 12.9. The third-order valence-corrected chi connectivity index (χ3v) is 6.70. The summed E-state index contributed by atoms with van der Waals surface area (Å²) in [7, 11) is -3.78. The summed E-state index contributed by atoms with van der Waals surface area (Å²) in [5.41, 5.74) is 5.58. The van der Waals surface area contributed by atoms with Crippen molar-refractivity contribution in [3.63, 3.8) is 0 Å². The second-order valence-electron chi connectivity index (χ2n) is 7.47. The van der Waals surface area contributed by atoms with Crippen LogP contribution in [-0.2, 0) is 10.0 Å². The molecular formula is C24H22ClN3O2S. The summed E-state index contributed by atoms with van der Waals surface area (Å²) in [4.78, 5) is 0.173. The zero-order valence-corrected chi connectivity index (χ0v) is 19.0. The van der Waals surface area contributed by atoms with Crippen LogP contribution in [0.3, 0.4) is 0 Å². The quantitative estimate of drug-likeness (QED) is 0.409. The number of anilines is 1. The monoisotopic (exact) mass is 451 g/mol. The Bertz CT molecular complexity index is 1340. The van der Waals surface area contributed by atoms with Gasteiger partial charge in [-0.25, -0.2) is 13.1 Å². The van der Waals surface area contributed by atoms with E-state index >= 15 is 0 Å². The van der Waals surface area contributed by atoms with Crippen LogP contribution in [0.5, 0.6) is 0 Å². The number of rotatable bonds is 5. The molecular weight excluding hydrogens is 430 g/mol. The van der Waals surface area contributed by atoms with E-state index in [2.05, 4.69) is 22.0 Å². The molecule has 0 aliphatic rings. The third-order valence-electron chi connectivity index (χ3n) is 5.00. The molecule has 1 aromatic heterocycles. The largest absolute Gasteiger partial charge is 0.263 e. The zero-order chi connectivity index (χ0) is 22.2. The first-order valence-corrected chi connectivity index (χ1v) is 11.6. The number of hydrogen-bond acceptors (Lipinski definition) is 3. The topological polar surface area (TPSA) is 64.0 Å². The molecule has 0 aliphatic heterocycles. The van der Waals surface area contributed by atoms with E-state index in [1.165, 1.54) is 0 Å². The molecule has 31 heavy (non-hydrogen) atoms. The summed E-state index contributed by atoms with van der Waals surface area (Å²) in [6.45, 7) is 6.07. The maximum Gasteiger partial charge on any atom is 0.263 e. The highest BCUT2D eigenvalue weighted by Crippen LogP contribution is 2.34. The van der Waals surface area contributed by atoms with Gasteiger partial charge < -0.3 is 0 Å². The van der Waals surface area contributed by atoms with E-state index in [4.69, 9.17) is 11.6 Å². The number of halogens is 1. The van der Waals surface area contributed by atoms with Crippen LogP contribution in [0.1, 0.15) is 16.7 Å². The first-order valence-electron chi connectivity index (χ1n) is 9.77. The Hall–Kier alpha value is -3.09. The van der Waals surface area contributed by atoms with Crippen LogP contribution < -0.4 is 4.72 Å². The molecule has 0 unspecified atom stereocenters. The van der Waals surface area contributed by atoms with Gasteiger partial charge in [0.1, 0.15) is 0 Å². The highest BCUT2D eigenvalue weighted by atomic mass is 35.5. The van der Waals surface area contributed by atoms with Crippen LogP contribution in [0.4, 0.5) is 5.82 Å². The smallest absolute Gasteiger partial charge is 0.262 e. The van der Waals surface area contributed by atoms with Crippen LogP contribution in [0.15, 0.2) is 77.7 Å². The maximum absolute atomic E-state index is 12.9. The lowest BCUT2D eigenvalue weighted by molar-refractivity contribution is 0.601. The van der Waals surface area contributed by atoms with Crippen LogP contribution in [0.2, 0.25) is 5.02 Å². The lowest BCUT2D eigenvalue weighted by Crippen LogP contribution is -2.13. The number of hydrogen-bond donors (Lipinski definition) is 1. The Balaban J connectivity index is 1.89. The van der Waals surface area contributed by atoms with Crippen molar-refractivity contribution < 1.29 is 8.42 Å². The number of nitrogens with one attached hydrogen (secondary N) is 1. The molecule has 0 fully saturated rings. The van der Waals surface area contributed by atoms with Gasteiger partial charge in [-0.3, -0.25) is 4.72 Å². The van der Waals surface area contributed by atoms with Gasteiger partial charge in [-0.05, 0) is 50.1 Å². The van der Waals surface area contributed by atoms with Gasteiger partial charge in [0.25, 0.3) is 10.0 Å². The van der Waals surface area contributed by atoms with Gasteiger partial charge in [0.15, 0.2) is 5.82 Å². The normalized spacial score (nSPS) is 11.5. The van der Waals surface area contributed by atoms with Crippen LogP contribution >= 0.6 is 11.6 Å². The van der Waals surface area contributed by atoms with Crippen molar-refractivity contribution in [2.24, 2.45) is 0 Å². The fraction of sp³-hybridized carbons (Fsp3) is 0.125. The summed E-state index contributed by atoms with van der Waals surface area (Å²) in [5.74, 6) is 0.221. The molecule has 0 saturated carbocycles. The van der Waals surface area contributed by atoms with Crippen molar-refractivity contribution >= 4 is 27.4 Å². The zero-order valence-electron chi connectivity index (χ0n) is 17.4. The molecule has 0 radical (unpaired) electrons. The molecule has 4 aromatic rings. The Morgan fingerprint density at radius 1 is 0.871 bits per heavy atom. The minimum atomic E-state index is -3.78. The number of nitrogens with zero attached hydrogens (tertiary/aromatic N) is 2. The highest BCUT2D eigenvalue weighted by Gasteiger charge is 2.21. The van der Waals surface area contributed by atoms with Crippen LogP contribution in [0.25, 0.3) is 16.9 Å². The minimum absolute atomic E-state index is 0.173. The molecule has 0 aliphatic carbocycles. The van der Waals surface area contributed by atoms with Crippen LogP contribution in [-0.4, -0.2) is 18.2 Å². The van der Waals surface area contributed by atoms with Gasteiger partial charge in [-0.2, -0.15) is 0 Å². The summed E-state index contributed by atoms with van der Waals surface area (Å²) < 4.78 is 30.1. The minimum Gasteiger partial charge on any atom is -0.262 e. The second-order valence-corrected chi connectivity index (χ2v) is 9.56. The van der Waals surface area contributed by atoms with E-state index in [1.54, 1.807) is 47.1 Å². The average molecular weight is 452 g/mol. The van der Waals surface area contributed by atoms with E-state index in [0.717, 1.165) is 27.9 Å². The molecule has 0 saturated heterocycles. The predicted molar refractivity (Wildman–Crippen MR) is 125 cm³/mol. The van der Waals surface area contributed by atoms with E-state index in [0.29, 0.717) is 10.7 Å². The Morgan fingerprint density at radius 2 is 1.48 bits per heavy atom. The van der Waals surface area contributed by atoms with Gasteiger partial charge in [0.05, 0.1) is 16.3 Å². The molecule has 1 heterocycles. The van der Waals surface area contributed by atoms with E-state index in [-0.39, 0.29) is 10.7 Å². The lowest BCUT2D eigenvalue weighted by Gasteiger charge is -2.15. The SMILES string of the molecule is Cc1cc(C)c(-n2nc(NS(=O)(=O)c3ccccc3)cc2-c2ccccc2Cl)c(C)c1. The molecule has 3 aromatic carbocycles. The van der Waals surface area contributed by atoms with E-state index < -0.39 is 10.0 Å². The van der Waals surface area contributed by atoms with Crippen molar-refractivity contribution in [3.8, 4) is 16.9 Å². The van der Waals surface area contributed by atoms with Crippen molar-refractivity contribution in [3.05, 3.63) is 94.5 Å². The Kier molecular flexibility index (Phi) is 5.60. The average Bonchev–Trinajstić information content (AvgIpc) is 3.10. The Morgan fingerprint density at radius 3 is 2.13 bits per heavy atom. The second kappa shape index (κ2) is 8.21. The molecule has 0 amide bonds. The van der Waals surface area contributed by atoms with Gasteiger partial charge in [0, 0.05) is 16.7 Å². The standard InChI is InChI=1S/C24H22ClN3O2S/c1-16-13-17(2)24(18(3)14-16)28-22(20-11-7-8-12-21(20)25)15-23(26-28)27-31(29,30)19-9-5-4-6-10-19/h4-15H,1-3H3,(H,26,27). The molecule has 0 bridgehead atoms. The number of aryl methyl sites for hydroxylation is 3.